The molecule has 0 unspecified atom stereocenters. The Balaban J connectivity index is 0.00000400. The van der Waals surface area contributed by atoms with Gasteiger partial charge < -0.3 is 20.1 Å². The molecular weight excluding hydrogens is 319 g/mol. The van der Waals surface area contributed by atoms with Gasteiger partial charge in [0.1, 0.15) is 6.61 Å². The first kappa shape index (κ1) is 20.0. The topological polar surface area (TPSA) is 158 Å². The number of rotatable bonds is 5. The Morgan fingerprint density at radius 3 is 2.10 bits per heavy atom. The van der Waals surface area contributed by atoms with Crippen LogP contribution in [0.1, 0.15) is 20.7 Å². The molecule has 0 saturated carbocycles. The van der Waals surface area contributed by atoms with Crippen LogP contribution >= 0.6 is 0 Å². The molecule has 4 N–H and O–H groups in total. The van der Waals surface area contributed by atoms with E-state index in [0.29, 0.717) is 12.1 Å². The van der Waals surface area contributed by atoms with E-state index < -0.39 is 51.0 Å². The summed E-state index contributed by atoms with van der Waals surface area (Å²) in [6.07, 6.45) is -1.93. The number of benzene rings is 1. The minimum atomic E-state index is -4.72. The summed E-state index contributed by atoms with van der Waals surface area (Å²) in [6.45, 7) is -0.780. The van der Waals surface area contributed by atoms with Crippen molar-refractivity contribution in [1.82, 2.24) is 0 Å². The molecule has 0 spiro atoms. The zero-order valence-electron chi connectivity index (χ0n) is 9.75. The Morgan fingerprint density at radius 1 is 1.14 bits per heavy atom. The van der Waals surface area contributed by atoms with Crippen molar-refractivity contribution in [2.75, 3.05) is 6.61 Å². The van der Waals surface area contributed by atoms with E-state index in [-0.39, 0.29) is 29.6 Å². The fourth-order valence-electron chi connectivity index (χ4n) is 1.22. The van der Waals surface area contributed by atoms with Crippen LogP contribution in [-0.2, 0) is 14.9 Å². The second kappa shape index (κ2) is 7.84. The molecule has 0 fully saturated rings. The van der Waals surface area contributed by atoms with Gasteiger partial charge in [0.15, 0.2) is 6.29 Å². The van der Waals surface area contributed by atoms with Crippen molar-refractivity contribution >= 4 is 51.6 Å². The molecule has 0 aliphatic carbocycles. The van der Waals surface area contributed by atoms with Crippen molar-refractivity contribution in [2.45, 2.75) is 11.2 Å². The van der Waals surface area contributed by atoms with Gasteiger partial charge in [-0.3, -0.25) is 4.55 Å². The van der Waals surface area contributed by atoms with Gasteiger partial charge in [-0.2, -0.15) is 8.42 Å². The standard InChI is InChI=1S/C10H10O9S.Na.H/c11-8(12)4-19-10(15)6-1-5(9(13)14)2-7(3-6)20(16,17)18;;/h1-3,8,11-12H,4H2,(H,13,14)(H,16,17,18);;. The number of carbonyl (C=O) groups is 2. The van der Waals surface area contributed by atoms with Gasteiger partial charge in [0, 0.05) is 0 Å². The van der Waals surface area contributed by atoms with Crippen LogP contribution in [0, 0.1) is 0 Å². The van der Waals surface area contributed by atoms with E-state index in [1.54, 1.807) is 0 Å². The van der Waals surface area contributed by atoms with Crippen molar-refractivity contribution in [1.29, 1.82) is 0 Å². The molecule has 0 radical (unpaired) electrons. The molecule has 1 aromatic rings. The number of aliphatic hydroxyl groups excluding tert-OH is 1. The number of esters is 1. The van der Waals surface area contributed by atoms with Crippen LogP contribution in [-0.4, -0.2) is 82.7 Å². The zero-order valence-corrected chi connectivity index (χ0v) is 10.6. The van der Waals surface area contributed by atoms with E-state index in [0.717, 1.165) is 6.07 Å². The summed E-state index contributed by atoms with van der Waals surface area (Å²) in [7, 11) is -4.72. The summed E-state index contributed by atoms with van der Waals surface area (Å²) in [5.41, 5.74) is -1.03. The molecule has 11 heteroatoms. The average molecular weight is 330 g/mol. The first-order chi connectivity index (χ1) is 9.11. The molecule has 0 aromatic heterocycles. The number of carbonyl (C=O) groups excluding carboxylic acids is 1. The van der Waals surface area contributed by atoms with Gasteiger partial charge in [0.2, 0.25) is 0 Å². The number of aliphatic hydroxyl groups is 2. The Labute approximate surface area is 141 Å². The summed E-state index contributed by atoms with van der Waals surface area (Å²) in [5, 5.41) is 25.8. The Morgan fingerprint density at radius 2 is 1.67 bits per heavy atom. The fraction of sp³-hybridized carbons (Fsp3) is 0.200. The third kappa shape index (κ3) is 6.09. The van der Waals surface area contributed by atoms with Gasteiger partial charge in [0.05, 0.1) is 16.0 Å². The van der Waals surface area contributed by atoms with Crippen molar-refractivity contribution in [3.8, 4) is 0 Å². The van der Waals surface area contributed by atoms with Crippen molar-refractivity contribution in [2.24, 2.45) is 0 Å². The van der Waals surface area contributed by atoms with Crippen molar-refractivity contribution in [3.63, 3.8) is 0 Å². The summed E-state index contributed by atoms with van der Waals surface area (Å²) < 4.78 is 35.2. The zero-order chi connectivity index (χ0) is 15.5. The first-order valence-corrected chi connectivity index (χ1v) is 6.44. The summed E-state index contributed by atoms with van der Waals surface area (Å²) >= 11 is 0. The number of hydrogen-bond acceptors (Lipinski definition) is 7. The van der Waals surface area contributed by atoms with E-state index in [2.05, 4.69) is 4.74 Å². The van der Waals surface area contributed by atoms with E-state index in [9.17, 15) is 18.0 Å². The van der Waals surface area contributed by atoms with E-state index in [1.165, 1.54) is 0 Å². The normalized spacial score (nSPS) is 10.9. The van der Waals surface area contributed by atoms with Crippen LogP contribution in [0.4, 0.5) is 0 Å². The second-order valence-electron chi connectivity index (χ2n) is 3.61. The molecule has 0 aliphatic heterocycles. The average Bonchev–Trinajstić information content (AvgIpc) is 2.34. The number of aromatic carboxylic acids is 1. The van der Waals surface area contributed by atoms with Crippen LogP contribution in [0.5, 0.6) is 0 Å². The predicted molar refractivity (Wildman–Crippen MR) is 68.9 cm³/mol. The summed E-state index contributed by atoms with van der Waals surface area (Å²) in [4.78, 5) is 21.5. The van der Waals surface area contributed by atoms with Gasteiger partial charge >= 0.3 is 41.5 Å². The second-order valence-corrected chi connectivity index (χ2v) is 5.03. The summed E-state index contributed by atoms with van der Waals surface area (Å²) in [6, 6.07) is 2.19. The van der Waals surface area contributed by atoms with E-state index >= 15 is 0 Å². The third-order valence-electron chi connectivity index (χ3n) is 2.05. The van der Waals surface area contributed by atoms with Gasteiger partial charge in [-0.05, 0) is 18.2 Å². The van der Waals surface area contributed by atoms with E-state index in [1.807, 2.05) is 0 Å². The molecule has 0 aliphatic rings. The maximum atomic E-state index is 11.5. The minimum absolute atomic E-state index is 0. The molecular formula is C10H11NaO9S. The Hall–Kier alpha value is -1.01. The molecule has 0 saturated heterocycles. The quantitative estimate of drug-likeness (QED) is 0.217. The van der Waals surface area contributed by atoms with E-state index in [4.69, 9.17) is 19.9 Å². The van der Waals surface area contributed by atoms with Crippen molar-refractivity contribution < 1.29 is 42.6 Å². The number of hydrogen-bond donors (Lipinski definition) is 4. The number of carboxylic acids is 1. The number of carboxylic acid groups (broad SMARTS) is 1. The van der Waals surface area contributed by atoms with Crippen LogP contribution in [0.25, 0.3) is 0 Å². The first-order valence-electron chi connectivity index (χ1n) is 5.00. The van der Waals surface area contributed by atoms with Crippen LogP contribution in [0.2, 0.25) is 0 Å². The SMILES string of the molecule is O=C(O)c1cc(C(=O)OCC(O)O)cc(S(=O)(=O)O)c1.[NaH]. The summed E-state index contributed by atoms with van der Waals surface area (Å²) in [5.74, 6) is -2.70. The van der Waals surface area contributed by atoms with Crippen LogP contribution in [0.15, 0.2) is 23.1 Å². The van der Waals surface area contributed by atoms with Gasteiger partial charge in [-0.1, -0.05) is 0 Å². The molecule has 0 amide bonds. The molecule has 112 valence electrons. The molecule has 1 aromatic carbocycles. The van der Waals surface area contributed by atoms with Gasteiger partial charge in [-0.15, -0.1) is 0 Å². The Bertz CT molecular complexity index is 638. The molecule has 1 rings (SSSR count). The van der Waals surface area contributed by atoms with Crippen molar-refractivity contribution in [3.05, 3.63) is 29.3 Å². The predicted octanol–water partition coefficient (Wildman–Crippen LogP) is -1.55. The Kier molecular flexibility index (Phi) is 7.47. The molecule has 21 heavy (non-hydrogen) atoms. The fourth-order valence-corrected chi connectivity index (χ4v) is 1.77. The van der Waals surface area contributed by atoms with Gasteiger partial charge in [-0.25, -0.2) is 9.59 Å². The molecule has 0 atom stereocenters. The maximum absolute atomic E-state index is 11.5. The molecule has 0 bridgehead atoms. The van der Waals surface area contributed by atoms with Crippen LogP contribution < -0.4 is 0 Å². The molecule has 0 heterocycles. The van der Waals surface area contributed by atoms with Gasteiger partial charge in [0.25, 0.3) is 10.1 Å². The third-order valence-corrected chi connectivity index (χ3v) is 2.88. The van der Waals surface area contributed by atoms with Crippen LogP contribution in [0.3, 0.4) is 0 Å². The number of ether oxygens (including phenoxy) is 1. The monoisotopic (exact) mass is 330 g/mol. The molecule has 9 nitrogen and oxygen atoms in total.